The zero-order valence-corrected chi connectivity index (χ0v) is 19.7. The van der Waals surface area contributed by atoms with Gasteiger partial charge >= 0.3 is 6.18 Å². The van der Waals surface area contributed by atoms with Crippen molar-refractivity contribution in [3.8, 4) is 0 Å². The number of anilines is 2. The zero-order chi connectivity index (χ0) is 24.5. The van der Waals surface area contributed by atoms with Crippen molar-refractivity contribution in [1.82, 2.24) is 10.3 Å². The maximum atomic E-state index is 13.5. The largest absolute Gasteiger partial charge is 0.433 e. The molecule has 0 spiro atoms. The fourth-order valence-electron chi connectivity index (χ4n) is 4.58. The number of amides is 1. The number of nitrogens with zero attached hydrogens (tertiary/aromatic N) is 2. The standard InChI is InChI=1S/C25H26ClF3N4O/c1-30-20-6-4-3-5-18(20)24(34)31-16-8-10-17(11-9-16)33(2)22-14-23(25(27,28)29)32-21-12-7-15(26)13-19(21)22/h3-7,12-14,16-17,30H,8-11H2,1-2H3,(H,31,34)/t16-,17+. The maximum Gasteiger partial charge on any atom is 0.433 e. The van der Waals surface area contributed by atoms with Crippen LogP contribution >= 0.6 is 11.6 Å². The lowest BCUT2D eigenvalue weighted by atomic mass is 9.89. The Morgan fingerprint density at radius 3 is 2.47 bits per heavy atom. The number of rotatable bonds is 5. The summed E-state index contributed by atoms with van der Waals surface area (Å²) in [7, 11) is 3.58. The second kappa shape index (κ2) is 9.70. The number of aromatic nitrogens is 1. The molecule has 2 aromatic carbocycles. The normalized spacial score (nSPS) is 18.5. The number of nitrogens with one attached hydrogen (secondary N) is 2. The van der Waals surface area contributed by atoms with Crippen LogP contribution in [0.5, 0.6) is 0 Å². The third-order valence-corrected chi connectivity index (χ3v) is 6.68. The number of para-hydroxylation sites is 1. The minimum atomic E-state index is -4.55. The van der Waals surface area contributed by atoms with Gasteiger partial charge in [0.05, 0.1) is 11.1 Å². The van der Waals surface area contributed by atoms with Gasteiger partial charge in [-0.3, -0.25) is 4.79 Å². The molecule has 4 rings (SSSR count). The highest BCUT2D eigenvalue weighted by atomic mass is 35.5. The third-order valence-electron chi connectivity index (χ3n) is 6.44. The van der Waals surface area contributed by atoms with Gasteiger partial charge in [-0.2, -0.15) is 13.2 Å². The number of carbonyl (C=O) groups excluding carboxylic acids is 1. The molecule has 2 N–H and O–H groups in total. The highest BCUT2D eigenvalue weighted by Crippen LogP contribution is 2.37. The van der Waals surface area contributed by atoms with Crippen LogP contribution in [0.25, 0.3) is 10.9 Å². The average molecular weight is 491 g/mol. The van der Waals surface area contributed by atoms with Gasteiger partial charge in [-0.05, 0) is 62.1 Å². The Balaban J connectivity index is 1.50. The van der Waals surface area contributed by atoms with Gasteiger partial charge in [-0.1, -0.05) is 23.7 Å². The van der Waals surface area contributed by atoms with Crippen LogP contribution in [0.3, 0.4) is 0 Å². The van der Waals surface area contributed by atoms with Gasteiger partial charge in [0.1, 0.15) is 5.69 Å². The molecular weight excluding hydrogens is 465 g/mol. The van der Waals surface area contributed by atoms with Gasteiger partial charge in [-0.25, -0.2) is 4.98 Å². The molecule has 1 aromatic heterocycles. The molecule has 0 bridgehead atoms. The van der Waals surface area contributed by atoms with E-state index in [0.717, 1.165) is 37.4 Å². The second-order valence-corrected chi connectivity index (χ2v) is 9.01. The Bertz CT molecular complexity index is 1190. The van der Waals surface area contributed by atoms with Crippen LogP contribution in [0.2, 0.25) is 5.02 Å². The van der Waals surface area contributed by atoms with E-state index in [9.17, 15) is 18.0 Å². The maximum absolute atomic E-state index is 13.5. The van der Waals surface area contributed by atoms with E-state index < -0.39 is 11.9 Å². The minimum absolute atomic E-state index is 0.0106. The average Bonchev–Trinajstić information content (AvgIpc) is 2.82. The van der Waals surface area contributed by atoms with Crippen molar-refractivity contribution in [2.75, 3.05) is 24.3 Å². The summed E-state index contributed by atoms with van der Waals surface area (Å²) in [5.41, 5.74) is 1.13. The first-order chi connectivity index (χ1) is 16.2. The molecule has 1 fully saturated rings. The van der Waals surface area contributed by atoms with Crippen LogP contribution in [0.4, 0.5) is 24.5 Å². The van der Waals surface area contributed by atoms with Crippen molar-refractivity contribution in [1.29, 1.82) is 0 Å². The van der Waals surface area contributed by atoms with E-state index in [-0.39, 0.29) is 23.5 Å². The highest BCUT2D eigenvalue weighted by molar-refractivity contribution is 6.31. The van der Waals surface area contributed by atoms with Gasteiger partial charge in [-0.15, -0.1) is 0 Å². The number of halogens is 4. The fraction of sp³-hybridized carbons (Fsp3) is 0.360. The molecule has 1 aliphatic carbocycles. The molecular formula is C25H26ClF3N4O. The SMILES string of the molecule is CNc1ccccc1C(=O)N[C@H]1CC[C@@H](N(C)c2cc(C(F)(F)F)nc3ccc(Cl)cc23)CC1. The molecule has 0 radical (unpaired) electrons. The number of hydrogen-bond acceptors (Lipinski definition) is 4. The minimum Gasteiger partial charge on any atom is -0.387 e. The summed E-state index contributed by atoms with van der Waals surface area (Å²) >= 11 is 6.14. The zero-order valence-electron chi connectivity index (χ0n) is 18.9. The van der Waals surface area contributed by atoms with Gasteiger partial charge in [0.2, 0.25) is 0 Å². The van der Waals surface area contributed by atoms with Crippen molar-refractivity contribution in [3.63, 3.8) is 0 Å². The molecule has 5 nitrogen and oxygen atoms in total. The monoisotopic (exact) mass is 490 g/mol. The molecule has 1 heterocycles. The Morgan fingerprint density at radius 1 is 1.09 bits per heavy atom. The molecule has 0 unspecified atom stereocenters. The summed E-state index contributed by atoms with van der Waals surface area (Å²) in [4.78, 5) is 18.4. The Labute approximate surface area is 201 Å². The van der Waals surface area contributed by atoms with Crippen LogP contribution in [-0.2, 0) is 6.18 Å². The quantitative estimate of drug-likeness (QED) is 0.452. The molecule has 0 atom stereocenters. The van der Waals surface area contributed by atoms with Crippen LogP contribution in [0, 0.1) is 0 Å². The topological polar surface area (TPSA) is 57.3 Å². The fourth-order valence-corrected chi connectivity index (χ4v) is 4.76. The van der Waals surface area contributed by atoms with Crippen LogP contribution in [0.15, 0.2) is 48.5 Å². The molecule has 180 valence electrons. The summed E-state index contributed by atoms with van der Waals surface area (Å²) in [6.07, 6.45) is -1.60. The number of pyridine rings is 1. The molecule has 1 aliphatic rings. The lowest BCUT2D eigenvalue weighted by Crippen LogP contribution is -2.43. The number of alkyl halides is 3. The Kier molecular flexibility index (Phi) is 6.89. The van der Waals surface area contributed by atoms with Crippen LogP contribution in [0.1, 0.15) is 41.7 Å². The number of hydrogen-bond donors (Lipinski definition) is 2. The lowest BCUT2D eigenvalue weighted by Gasteiger charge is -2.37. The molecule has 9 heteroatoms. The predicted molar refractivity (Wildman–Crippen MR) is 130 cm³/mol. The van der Waals surface area contributed by atoms with Crippen molar-refractivity contribution >= 4 is 39.8 Å². The number of carbonyl (C=O) groups is 1. The van der Waals surface area contributed by atoms with E-state index in [1.54, 1.807) is 25.2 Å². The summed E-state index contributed by atoms with van der Waals surface area (Å²) in [5.74, 6) is -0.133. The summed E-state index contributed by atoms with van der Waals surface area (Å²) in [5, 5.41) is 7.15. The lowest BCUT2D eigenvalue weighted by molar-refractivity contribution is -0.140. The smallest absolute Gasteiger partial charge is 0.387 e. The summed E-state index contributed by atoms with van der Waals surface area (Å²) < 4.78 is 40.5. The van der Waals surface area contributed by atoms with Gasteiger partial charge in [0.25, 0.3) is 5.91 Å². The first-order valence-electron chi connectivity index (χ1n) is 11.2. The Hall–Kier alpha value is -3.00. The van der Waals surface area contributed by atoms with E-state index in [2.05, 4.69) is 15.6 Å². The first kappa shape index (κ1) is 24.1. The van der Waals surface area contributed by atoms with E-state index in [0.29, 0.717) is 21.7 Å². The number of fused-ring (bicyclic) bond motifs is 1. The highest BCUT2D eigenvalue weighted by Gasteiger charge is 2.35. The molecule has 1 saturated carbocycles. The van der Waals surface area contributed by atoms with E-state index in [1.165, 1.54) is 6.07 Å². The van der Waals surface area contributed by atoms with Crippen LogP contribution < -0.4 is 15.5 Å². The van der Waals surface area contributed by atoms with E-state index >= 15 is 0 Å². The van der Waals surface area contributed by atoms with Crippen molar-refractivity contribution in [2.24, 2.45) is 0 Å². The molecule has 0 aliphatic heterocycles. The molecule has 1 amide bonds. The molecule has 0 saturated heterocycles. The van der Waals surface area contributed by atoms with Crippen molar-refractivity contribution in [2.45, 2.75) is 43.9 Å². The van der Waals surface area contributed by atoms with Gasteiger partial charge < -0.3 is 15.5 Å². The summed E-state index contributed by atoms with van der Waals surface area (Å²) in [6, 6.07) is 13.2. The summed E-state index contributed by atoms with van der Waals surface area (Å²) in [6.45, 7) is 0. The second-order valence-electron chi connectivity index (χ2n) is 8.57. The molecule has 34 heavy (non-hydrogen) atoms. The van der Waals surface area contributed by atoms with Gasteiger partial charge in [0.15, 0.2) is 0 Å². The van der Waals surface area contributed by atoms with Crippen LogP contribution in [-0.4, -0.2) is 37.1 Å². The van der Waals surface area contributed by atoms with E-state index in [4.69, 9.17) is 11.6 Å². The van der Waals surface area contributed by atoms with Crippen molar-refractivity contribution in [3.05, 3.63) is 64.8 Å². The Morgan fingerprint density at radius 2 is 1.79 bits per heavy atom. The van der Waals surface area contributed by atoms with Crippen molar-refractivity contribution < 1.29 is 18.0 Å². The predicted octanol–water partition coefficient (Wildman–Crippen LogP) is 6.13. The third kappa shape index (κ3) is 5.06. The molecule has 3 aromatic rings. The van der Waals surface area contributed by atoms with E-state index in [1.807, 2.05) is 30.1 Å². The van der Waals surface area contributed by atoms with Gasteiger partial charge in [0, 0.05) is 48.0 Å². The first-order valence-corrected chi connectivity index (χ1v) is 11.5. The number of benzene rings is 2.